The van der Waals surface area contributed by atoms with Crippen molar-refractivity contribution in [3.63, 3.8) is 0 Å². The Labute approximate surface area is 129 Å². The van der Waals surface area contributed by atoms with E-state index in [4.69, 9.17) is 0 Å². The molecule has 1 aliphatic heterocycles. The Kier molecular flexibility index (Phi) is 5.60. The van der Waals surface area contributed by atoms with Crippen LogP contribution in [-0.4, -0.2) is 55.1 Å². The first kappa shape index (κ1) is 15.5. The average molecular weight is 342 g/mol. The van der Waals surface area contributed by atoms with Gasteiger partial charge in [-0.3, -0.25) is 0 Å². The van der Waals surface area contributed by atoms with Gasteiger partial charge in [0.2, 0.25) is 0 Å². The number of hydrogen-bond acceptors (Lipinski definition) is 5. The fourth-order valence-corrected chi connectivity index (χ4v) is 3.29. The largest absolute Gasteiger partial charge is 0.369 e. The lowest BCUT2D eigenvalue weighted by Crippen LogP contribution is -2.28. The van der Waals surface area contributed by atoms with Crippen LogP contribution >= 0.6 is 15.9 Å². The summed E-state index contributed by atoms with van der Waals surface area (Å²) in [7, 11) is 4.29. The summed E-state index contributed by atoms with van der Waals surface area (Å²) in [5.74, 6) is 2.57. The van der Waals surface area contributed by atoms with Gasteiger partial charge in [-0.15, -0.1) is 0 Å². The molecule has 1 N–H and O–H groups in total. The third-order valence-electron chi connectivity index (χ3n) is 3.70. The maximum Gasteiger partial charge on any atom is 0.148 e. The Morgan fingerprint density at radius 3 is 2.95 bits per heavy atom. The molecule has 1 aliphatic rings. The molecule has 5 nitrogen and oxygen atoms in total. The molecule has 1 unspecified atom stereocenters. The highest BCUT2D eigenvalue weighted by molar-refractivity contribution is 9.10. The third-order valence-corrected chi connectivity index (χ3v) is 4.43. The van der Waals surface area contributed by atoms with Gasteiger partial charge in [-0.25, -0.2) is 9.97 Å². The predicted octanol–water partition coefficient (Wildman–Crippen LogP) is 2.45. The first-order valence-corrected chi connectivity index (χ1v) is 8.05. The van der Waals surface area contributed by atoms with E-state index in [0.717, 1.165) is 41.5 Å². The van der Waals surface area contributed by atoms with Crippen molar-refractivity contribution in [2.45, 2.75) is 19.8 Å². The number of aromatic nitrogens is 2. The van der Waals surface area contributed by atoms with Crippen molar-refractivity contribution in [1.29, 1.82) is 0 Å². The number of anilines is 2. The molecule has 0 amide bonds. The molecular weight excluding hydrogens is 318 g/mol. The van der Waals surface area contributed by atoms with Gasteiger partial charge in [-0.05, 0) is 48.3 Å². The number of likely N-dealkylation sites (tertiary alicyclic amines) is 1. The average Bonchev–Trinajstić information content (AvgIpc) is 2.83. The number of hydrogen-bond donors (Lipinski definition) is 1. The van der Waals surface area contributed by atoms with Crippen LogP contribution in [0.5, 0.6) is 0 Å². The highest BCUT2D eigenvalue weighted by Crippen LogP contribution is 2.29. The van der Waals surface area contributed by atoms with E-state index in [-0.39, 0.29) is 0 Å². The first-order chi connectivity index (χ1) is 9.61. The summed E-state index contributed by atoms with van der Waals surface area (Å²) in [5, 5.41) is 3.33. The summed E-state index contributed by atoms with van der Waals surface area (Å²) >= 11 is 3.63. The number of halogens is 1. The van der Waals surface area contributed by atoms with Gasteiger partial charge in [-0.1, -0.05) is 6.92 Å². The molecule has 0 bridgehead atoms. The standard InChI is InChI=1S/C14H24BrN5/c1-4-6-16-13-12(15)14(18-10-17-13)20(3)9-11-5-7-19(2)8-11/h10-11H,4-9H2,1-3H3,(H,16,17,18). The summed E-state index contributed by atoms with van der Waals surface area (Å²) in [6.45, 7) is 6.48. The van der Waals surface area contributed by atoms with Gasteiger partial charge < -0.3 is 15.1 Å². The highest BCUT2D eigenvalue weighted by atomic mass is 79.9. The molecule has 20 heavy (non-hydrogen) atoms. The van der Waals surface area contributed by atoms with Gasteiger partial charge in [0.25, 0.3) is 0 Å². The van der Waals surface area contributed by atoms with Crippen molar-refractivity contribution in [3.8, 4) is 0 Å². The third kappa shape index (κ3) is 3.82. The zero-order valence-electron chi connectivity index (χ0n) is 12.6. The van der Waals surface area contributed by atoms with Gasteiger partial charge in [0.15, 0.2) is 0 Å². The van der Waals surface area contributed by atoms with Gasteiger partial charge in [-0.2, -0.15) is 0 Å². The van der Waals surface area contributed by atoms with Crippen molar-refractivity contribution >= 4 is 27.6 Å². The SMILES string of the molecule is CCCNc1ncnc(N(C)CC2CCN(C)C2)c1Br. The van der Waals surface area contributed by atoms with Gasteiger partial charge in [0.1, 0.15) is 22.4 Å². The van der Waals surface area contributed by atoms with E-state index in [0.29, 0.717) is 0 Å². The minimum Gasteiger partial charge on any atom is -0.369 e. The van der Waals surface area contributed by atoms with E-state index in [1.165, 1.54) is 19.5 Å². The van der Waals surface area contributed by atoms with Crippen LogP contribution in [0.4, 0.5) is 11.6 Å². The summed E-state index contributed by atoms with van der Waals surface area (Å²) in [4.78, 5) is 13.3. The van der Waals surface area contributed by atoms with Crippen LogP contribution in [-0.2, 0) is 0 Å². The lowest BCUT2D eigenvalue weighted by Gasteiger charge is -2.23. The van der Waals surface area contributed by atoms with Crippen LogP contribution in [0.2, 0.25) is 0 Å². The second-order valence-corrected chi connectivity index (χ2v) is 6.38. The molecule has 0 radical (unpaired) electrons. The Balaban J connectivity index is 2.03. The first-order valence-electron chi connectivity index (χ1n) is 7.25. The van der Waals surface area contributed by atoms with E-state index < -0.39 is 0 Å². The number of nitrogens with zero attached hydrogens (tertiary/aromatic N) is 4. The summed E-state index contributed by atoms with van der Waals surface area (Å²) < 4.78 is 0.960. The van der Waals surface area contributed by atoms with E-state index in [9.17, 15) is 0 Å². The number of rotatable bonds is 6. The Morgan fingerprint density at radius 2 is 2.30 bits per heavy atom. The summed E-state index contributed by atoms with van der Waals surface area (Å²) in [6.07, 6.45) is 3.98. The molecule has 0 spiro atoms. The van der Waals surface area contributed by atoms with Crippen molar-refractivity contribution in [1.82, 2.24) is 14.9 Å². The molecule has 1 fully saturated rings. The minimum absolute atomic E-state index is 0.721. The maximum absolute atomic E-state index is 4.42. The monoisotopic (exact) mass is 341 g/mol. The second kappa shape index (κ2) is 7.22. The van der Waals surface area contributed by atoms with Crippen molar-refractivity contribution in [2.24, 2.45) is 5.92 Å². The van der Waals surface area contributed by atoms with Crippen molar-refractivity contribution < 1.29 is 0 Å². The van der Waals surface area contributed by atoms with Crippen LogP contribution in [0, 0.1) is 5.92 Å². The van der Waals surface area contributed by atoms with Crippen LogP contribution < -0.4 is 10.2 Å². The molecule has 112 valence electrons. The van der Waals surface area contributed by atoms with Crippen molar-refractivity contribution in [3.05, 3.63) is 10.8 Å². The summed E-state index contributed by atoms with van der Waals surface area (Å²) in [5.41, 5.74) is 0. The van der Waals surface area contributed by atoms with Crippen molar-refractivity contribution in [2.75, 3.05) is 50.5 Å². The zero-order valence-corrected chi connectivity index (χ0v) is 14.2. The lowest BCUT2D eigenvalue weighted by atomic mass is 10.1. The molecule has 6 heteroatoms. The molecule has 2 heterocycles. The maximum atomic E-state index is 4.42. The molecule has 1 aromatic heterocycles. The van der Waals surface area contributed by atoms with Gasteiger partial charge >= 0.3 is 0 Å². The molecule has 2 rings (SSSR count). The molecule has 0 aromatic carbocycles. The fourth-order valence-electron chi connectivity index (χ4n) is 2.64. The predicted molar refractivity (Wildman–Crippen MR) is 87.4 cm³/mol. The molecule has 1 aromatic rings. The lowest BCUT2D eigenvalue weighted by molar-refractivity contribution is 0.395. The molecule has 1 saturated heterocycles. The van der Waals surface area contributed by atoms with Crippen LogP contribution in [0.15, 0.2) is 10.8 Å². The molecular formula is C14H24BrN5. The van der Waals surface area contributed by atoms with Gasteiger partial charge in [0, 0.05) is 26.7 Å². The van der Waals surface area contributed by atoms with E-state index in [1.54, 1.807) is 6.33 Å². The van der Waals surface area contributed by atoms with E-state index >= 15 is 0 Å². The summed E-state index contributed by atoms with van der Waals surface area (Å²) in [6, 6.07) is 0. The topological polar surface area (TPSA) is 44.3 Å². The Hall–Kier alpha value is -0.880. The van der Waals surface area contributed by atoms with Crippen LogP contribution in [0.3, 0.4) is 0 Å². The Morgan fingerprint density at radius 1 is 1.50 bits per heavy atom. The van der Waals surface area contributed by atoms with Crippen LogP contribution in [0.25, 0.3) is 0 Å². The molecule has 1 atom stereocenters. The number of nitrogens with one attached hydrogen (secondary N) is 1. The normalized spacial score (nSPS) is 19.3. The second-order valence-electron chi connectivity index (χ2n) is 5.58. The highest BCUT2D eigenvalue weighted by Gasteiger charge is 2.22. The minimum atomic E-state index is 0.721. The van der Waals surface area contributed by atoms with Crippen LogP contribution in [0.1, 0.15) is 19.8 Å². The van der Waals surface area contributed by atoms with Gasteiger partial charge in [0.05, 0.1) is 0 Å². The van der Waals surface area contributed by atoms with E-state index in [1.807, 2.05) is 0 Å². The molecule has 0 aliphatic carbocycles. The zero-order chi connectivity index (χ0) is 14.5. The Bertz CT molecular complexity index is 440. The molecule has 0 saturated carbocycles. The quantitative estimate of drug-likeness (QED) is 0.860. The fraction of sp³-hybridized carbons (Fsp3) is 0.714. The van der Waals surface area contributed by atoms with E-state index in [2.05, 4.69) is 62.0 Å². The smallest absolute Gasteiger partial charge is 0.148 e.